The molecule has 0 amide bonds. The average Bonchev–Trinajstić information content (AvgIpc) is 2.95. The molecule has 2 aromatic heterocycles. The maximum atomic E-state index is 13.1. The number of aryl methyl sites for hydroxylation is 1. The number of hydrogen-bond acceptors (Lipinski definition) is 6. The summed E-state index contributed by atoms with van der Waals surface area (Å²) in [5.41, 5.74) is 1.15. The summed E-state index contributed by atoms with van der Waals surface area (Å²) in [6.07, 6.45) is 1.72. The summed E-state index contributed by atoms with van der Waals surface area (Å²) in [6.45, 7) is 1.44. The van der Waals surface area contributed by atoms with Gasteiger partial charge in [-0.1, -0.05) is 0 Å². The van der Waals surface area contributed by atoms with Gasteiger partial charge in [0.15, 0.2) is 10.5 Å². The minimum Gasteiger partial charge on any atom is -0.390 e. The number of nitrogens with zero attached hydrogens (tertiary/aromatic N) is 3. The van der Waals surface area contributed by atoms with Crippen LogP contribution in [-0.4, -0.2) is 34.4 Å². The normalized spacial score (nSPS) is 12.0. The molecule has 3 rings (SSSR count). The lowest BCUT2D eigenvalue weighted by Gasteiger charge is -2.06. The molecule has 0 spiro atoms. The van der Waals surface area contributed by atoms with Gasteiger partial charge < -0.3 is 5.11 Å². The second-order valence-corrected chi connectivity index (χ2v) is 7.76. The highest BCUT2D eigenvalue weighted by molar-refractivity contribution is 7.99. The third-order valence-electron chi connectivity index (χ3n) is 3.50. The van der Waals surface area contributed by atoms with E-state index in [4.69, 9.17) is 0 Å². The molecule has 3 aromatic rings. The molecule has 0 atom stereocenters. The number of aliphatic hydroxyl groups is 1. The highest BCUT2D eigenvalue weighted by Gasteiger charge is 2.29. The molecular weight excluding hydrogens is 353 g/mol. The Morgan fingerprint density at radius 3 is 2.54 bits per heavy atom. The van der Waals surface area contributed by atoms with Crippen molar-refractivity contribution in [3.63, 3.8) is 0 Å². The molecule has 0 fully saturated rings. The van der Waals surface area contributed by atoms with Crippen molar-refractivity contribution in [2.45, 2.75) is 28.3 Å². The van der Waals surface area contributed by atoms with Crippen LogP contribution in [0.3, 0.4) is 0 Å². The summed E-state index contributed by atoms with van der Waals surface area (Å²) in [4.78, 5) is 4.14. The fraction of sp³-hybridized carbons (Fsp3) is 0.200. The van der Waals surface area contributed by atoms with Gasteiger partial charge in [-0.2, -0.15) is 5.10 Å². The number of rotatable bonds is 4. The predicted molar refractivity (Wildman–Crippen MR) is 87.3 cm³/mol. The summed E-state index contributed by atoms with van der Waals surface area (Å²) >= 11 is 1.18. The van der Waals surface area contributed by atoms with E-state index in [0.29, 0.717) is 16.4 Å². The van der Waals surface area contributed by atoms with Gasteiger partial charge in [0.25, 0.3) is 0 Å². The van der Waals surface area contributed by atoms with Crippen LogP contribution in [0.1, 0.15) is 11.4 Å². The Labute approximate surface area is 142 Å². The Morgan fingerprint density at radius 1 is 1.29 bits per heavy atom. The van der Waals surface area contributed by atoms with E-state index in [1.807, 2.05) is 0 Å². The lowest BCUT2D eigenvalue weighted by Crippen LogP contribution is -2.05. The lowest BCUT2D eigenvalue weighted by molar-refractivity contribution is 0.277. The quantitative estimate of drug-likeness (QED) is 0.562. The minimum absolute atomic E-state index is 0.0389. The van der Waals surface area contributed by atoms with Crippen molar-refractivity contribution >= 4 is 27.2 Å². The molecule has 0 bridgehead atoms. The van der Waals surface area contributed by atoms with E-state index in [2.05, 4.69) is 10.1 Å². The van der Waals surface area contributed by atoms with Crippen LogP contribution in [0.5, 0.6) is 0 Å². The van der Waals surface area contributed by atoms with Crippen LogP contribution in [-0.2, 0) is 16.4 Å². The Morgan fingerprint density at radius 2 is 1.96 bits per heavy atom. The lowest BCUT2D eigenvalue weighted by atomic mass is 10.3. The van der Waals surface area contributed by atoms with Gasteiger partial charge in [0.1, 0.15) is 10.8 Å². The number of halogens is 1. The molecule has 126 valence electrons. The first-order valence-corrected chi connectivity index (χ1v) is 9.64. The first-order valence-electron chi connectivity index (χ1n) is 6.93. The first-order chi connectivity index (χ1) is 11.4. The average molecular weight is 367 g/mol. The van der Waals surface area contributed by atoms with Gasteiger partial charge in [0, 0.05) is 5.69 Å². The fourth-order valence-corrected chi connectivity index (χ4v) is 4.76. The van der Waals surface area contributed by atoms with Gasteiger partial charge in [-0.3, -0.25) is 0 Å². The molecule has 0 aliphatic heterocycles. The summed E-state index contributed by atoms with van der Waals surface area (Å²) in [6, 6.07) is 6.24. The number of aliphatic hydroxyl groups excluding tert-OH is 1. The summed E-state index contributed by atoms with van der Waals surface area (Å²) in [5, 5.41) is 13.9. The Bertz CT molecular complexity index is 1010. The van der Waals surface area contributed by atoms with Crippen LogP contribution in [0, 0.1) is 12.7 Å². The van der Waals surface area contributed by atoms with Crippen LogP contribution >= 0.6 is 11.8 Å². The van der Waals surface area contributed by atoms with Gasteiger partial charge >= 0.3 is 0 Å². The molecule has 6 nitrogen and oxygen atoms in total. The molecular formula is C15H14FN3O3S2. The predicted octanol–water partition coefficient (Wildman–Crippen LogP) is 2.22. The maximum absolute atomic E-state index is 13.1. The van der Waals surface area contributed by atoms with Gasteiger partial charge in [0.2, 0.25) is 9.84 Å². The van der Waals surface area contributed by atoms with Gasteiger partial charge in [-0.05, 0) is 43.5 Å². The molecule has 0 unspecified atom stereocenters. The van der Waals surface area contributed by atoms with Gasteiger partial charge in [-0.25, -0.2) is 22.3 Å². The number of hydrogen-bond donors (Lipinski definition) is 1. The third-order valence-corrected chi connectivity index (χ3v) is 6.10. The zero-order valence-electron chi connectivity index (χ0n) is 12.9. The van der Waals surface area contributed by atoms with Crippen LogP contribution < -0.4 is 0 Å². The monoisotopic (exact) mass is 367 g/mol. The number of benzene rings is 1. The molecule has 9 heteroatoms. The summed E-state index contributed by atoms with van der Waals surface area (Å²) < 4.78 is 40.6. The largest absolute Gasteiger partial charge is 0.390 e. The van der Waals surface area contributed by atoms with Crippen molar-refractivity contribution < 1.29 is 17.9 Å². The van der Waals surface area contributed by atoms with E-state index in [1.54, 1.807) is 19.2 Å². The molecule has 0 saturated carbocycles. The summed E-state index contributed by atoms with van der Waals surface area (Å²) in [5.74, 6) is -0.518. The van der Waals surface area contributed by atoms with E-state index < -0.39 is 15.7 Å². The van der Waals surface area contributed by atoms with Crippen molar-refractivity contribution in [3.05, 3.63) is 47.5 Å². The van der Waals surface area contributed by atoms with Crippen LogP contribution in [0.4, 0.5) is 4.39 Å². The zero-order chi connectivity index (χ0) is 17.5. The highest BCUT2D eigenvalue weighted by Crippen LogP contribution is 2.32. The van der Waals surface area contributed by atoms with E-state index >= 15 is 0 Å². The molecule has 0 saturated heterocycles. The molecule has 0 aliphatic carbocycles. The molecule has 24 heavy (non-hydrogen) atoms. The second-order valence-electron chi connectivity index (χ2n) is 5.08. The second kappa shape index (κ2) is 6.15. The Hall–Kier alpha value is -1.97. The van der Waals surface area contributed by atoms with E-state index in [9.17, 15) is 17.9 Å². The SMILES string of the molecule is CSc1nn2c(C)cc(CO)nc2c1S(=O)(=O)c1ccc(F)cc1. The highest BCUT2D eigenvalue weighted by atomic mass is 32.2. The van der Waals surface area contributed by atoms with E-state index in [1.165, 1.54) is 28.4 Å². The number of sulfone groups is 1. The molecule has 0 radical (unpaired) electrons. The van der Waals surface area contributed by atoms with Crippen LogP contribution in [0.2, 0.25) is 0 Å². The van der Waals surface area contributed by atoms with Gasteiger partial charge in [0.05, 0.1) is 17.2 Å². The molecule has 0 aliphatic rings. The van der Waals surface area contributed by atoms with Crippen molar-refractivity contribution in [1.82, 2.24) is 14.6 Å². The molecule has 1 N–H and O–H groups in total. The maximum Gasteiger partial charge on any atom is 0.213 e. The number of aromatic nitrogens is 3. The van der Waals surface area contributed by atoms with E-state index in [0.717, 1.165) is 12.1 Å². The Kier molecular flexibility index (Phi) is 4.33. The molecule has 1 aromatic carbocycles. The van der Waals surface area contributed by atoms with Crippen molar-refractivity contribution in [1.29, 1.82) is 0 Å². The fourth-order valence-electron chi connectivity index (χ4n) is 2.37. The van der Waals surface area contributed by atoms with Gasteiger partial charge in [-0.15, -0.1) is 11.8 Å². The Balaban J connectivity index is 2.35. The van der Waals surface area contributed by atoms with Crippen LogP contribution in [0.25, 0.3) is 5.65 Å². The summed E-state index contributed by atoms with van der Waals surface area (Å²) in [7, 11) is -3.94. The van der Waals surface area contributed by atoms with Crippen molar-refractivity contribution in [2.75, 3.05) is 6.26 Å². The zero-order valence-corrected chi connectivity index (χ0v) is 14.5. The standard InChI is InChI=1S/C15H14FN3O3S2/c1-9-7-11(8-20)17-14-13(15(23-2)18-19(9)14)24(21,22)12-5-3-10(16)4-6-12/h3-7,20H,8H2,1-2H3. The van der Waals surface area contributed by atoms with E-state index in [-0.39, 0.29) is 22.0 Å². The van der Waals surface area contributed by atoms with Crippen LogP contribution in [0.15, 0.2) is 45.1 Å². The topological polar surface area (TPSA) is 84.6 Å². The third kappa shape index (κ3) is 2.68. The van der Waals surface area contributed by atoms with Crippen molar-refractivity contribution in [3.8, 4) is 0 Å². The number of fused-ring (bicyclic) bond motifs is 1. The molecule has 2 heterocycles. The number of thioether (sulfide) groups is 1. The first kappa shape index (κ1) is 16.9. The van der Waals surface area contributed by atoms with Crippen molar-refractivity contribution in [2.24, 2.45) is 0 Å². The minimum atomic E-state index is -3.94. The smallest absolute Gasteiger partial charge is 0.213 e.